The van der Waals surface area contributed by atoms with Crippen LogP contribution in [0.15, 0.2) is 66.9 Å². The van der Waals surface area contributed by atoms with E-state index in [1.807, 2.05) is 36.4 Å². The molecule has 23 heavy (non-hydrogen) atoms. The van der Waals surface area contributed by atoms with Crippen LogP contribution >= 0.6 is 0 Å². The molecule has 4 rings (SSSR count). The first-order chi connectivity index (χ1) is 11.2. The van der Waals surface area contributed by atoms with Gasteiger partial charge in [-0.1, -0.05) is 36.4 Å². The molecule has 1 aliphatic heterocycles. The average molecular weight is 300 g/mol. The molecule has 3 aromatic rings. The maximum Gasteiger partial charge on any atom is 0.265 e. The van der Waals surface area contributed by atoms with Gasteiger partial charge in [-0.25, -0.2) is 9.88 Å². The summed E-state index contributed by atoms with van der Waals surface area (Å²) in [6.45, 7) is 0. The van der Waals surface area contributed by atoms with E-state index < -0.39 is 0 Å². The van der Waals surface area contributed by atoms with Gasteiger partial charge in [0.2, 0.25) is 0 Å². The molecule has 0 radical (unpaired) electrons. The summed E-state index contributed by atoms with van der Waals surface area (Å²) in [6, 6.07) is 18.4. The molecule has 2 aromatic carbocycles. The summed E-state index contributed by atoms with van der Waals surface area (Å²) in [5, 5.41) is 1.05. The molecule has 0 bridgehead atoms. The molecule has 0 atom stereocenters. The van der Waals surface area contributed by atoms with Crippen LogP contribution in [-0.2, 0) is 0 Å². The van der Waals surface area contributed by atoms with Crippen molar-refractivity contribution in [3.05, 3.63) is 83.7 Å². The van der Waals surface area contributed by atoms with E-state index in [1.165, 1.54) is 6.20 Å². The van der Waals surface area contributed by atoms with E-state index in [0.717, 1.165) is 15.8 Å². The number of hydrogen-bond acceptors (Lipinski definition) is 3. The lowest BCUT2D eigenvalue weighted by Crippen LogP contribution is -2.23. The minimum atomic E-state index is -0.303. The maximum atomic E-state index is 12.3. The Balaban J connectivity index is 1.66. The monoisotopic (exact) mass is 300 g/mol. The van der Waals surface area contributed by atoms with E-state index in [9.17, 15) is 9.59 Å². The van der Waals surface area contributed by atoms with E-state index in [2.05, 4.69) is 4.98 Å². The third-order valence-electron chi connectivity index (χ3n) is 3.84. The number of imide groups is 1. The maximum absolute atomic E-state index is 12.3. The van der Waals surface area contributed by atoms with Gasteiger partial charge in [-0.15, -0.1) is 0 Å². The number of amides is 2. The predicted octanol–water partition coefficient (Wildman–Crippen LogP) is 3.50. The number of carbonyl (C=O) groups is 2. The molecule has 110 valence electrons. The van der Waals surface area contributed by atoms with Gasteiger partial charge in [-0.2, -0.15) is 0 Å². The van der Waals surface area contributed by atoms with Crippen LogP contribution in [0.4, 0.5) is 0 Å². The summed E-state index contributed by atoms with van der Waals surface area (Å²) < 4.78 is 0. The van der Waals surface area contributed by atoms with Crippen LogP contribution in [0.3, 0.4) is 0 Å². The van der Waals surface area contributed by atoms with Crippen LogP contribution in [0.5, 0.6) is 0 Å². The van der Waals surface area contributed by atoms with Gasteiger partial charge in [-0.05, 0) is 30.3 Å². The smallest absolute Gasteiger partial charge is 0.265 e. The number of nitrogens with zero attached hydrogens (tertiary/aromatic N) is 2. The molecule has 1 aliphatic rings. The molecule has 2 amide bonds. The van der Waals surface area contributed by atoms with Crippen molar-refractivity contribution in [2.24, 2.45) is 0 Å². The van der Waals surface area contributed by atoms with E-state index in [0.29, 0.717) is 16.8 Å². The highest BCUT2D eigenvalue weighted by Gasteiger charge is 2.33. The van der Waals surface area contributed by atoms with Gasteiger partial charge in [0.1, 0.15) is 0 Å². The first-order valence-electron chi connectivity index (χ1n) is 7.25. The van der Waals surface area contributed by atoms with Gasteiger partial charge in [0, 0.05) is 11.6 Å². The molecular formula is C19H12N2O2. The molecule has 0 unspecified atom stereocenters. The zero-order chi connectivity index (χ0) is 15.8. The second-order valence-corrected chi connectivity index (χ2v) is 5.27. The lowest BCUT2D eigenvalue weighted by Gasteiger charge is -2.06. The Morgan fingerprint density at radius 3 is 2.17 bits per heavy atom. The van der Waals surface area contributed by atoms with Crippen LogP contribution in [0.25, 0.3) is 17.0 Å². The molecule has 4 nitrogen and oxygen atoms in total. The molecule has 1 aromatic heterocycles. The molecular weight excluding hydrogens is 288 g/mol. The third kappa shape index (κ3) is 2.21. The molecule has 0 fully saturated rings. The van der Waals surface area contributed by atoms with Crippen molar-refractivity contribution >= 4 is 28.8 Å². The zero-order valence-corrected chi connectivity index (χ0v) is 12.1. The summed E-state index contributed by atoms with van der Waals surface area (Å²) in [5.74, 6) is -0.606. The zero-order valence-electron chi connectivity index (χ0n) is 12.1. The molecule has 2 heterocycles. The Morgan fingerprint density at radius 1 is 0.783 bits per heavy atom. The van der Waals surface area contributed by atoms with E-state index >= 15 is 0 Å². The number of fused-ring (bicyclic) bond motifs is 2. The molecule has 0 saturated carbocycles. The number of rotatable bonds is 2. The summed E-state index contributed by atoms with van der Waals surface area (Å²) >= 11 is 0. The Bertz CT molecular complexity index is 941. The Hall–Kier alpha value is -3.27. The normalized spacial score (nSPS) is 14.0. The van der Waals surface area contributed by atoms with Crippen molar-refractivity contribution in [1.29, 1.82) is 0 Å². The number of hydrogen-bond donors (Lipinski definition) is 0. The highest BCUT2D eigenvalue weighted by atomic mass is 16.2. The number of pyridine rings is 1. The van der Waals surface area contributed by atoms with Crippen molar-refractivity contribution in [2.75, 3.05) is 0 Å². The van der Waals surface area contributed by atoms with Crippen molar-refractivity contribution in [1.82, 2.24) is 9.88 Å². The minimum absolute atomic E-state index is 0.303. The summed E-state index contributed by atoms with van der Waals surface area (Å²) in [6.07, 6.45) is 3.16. The van der Waals surface area contributed by atoms with Crippen molar-refractivity contribution in [2.45, 2.75) is 0 Å². The summed E-state index contributed by atoms with van der Waals surface area (Å²) in [4.78, 5) is 30.2. The fraction of sp³-hybridized carbons (Fsp3) is 0. The fourth-order valence-electron chi connectivity index (χ4n) is 2.67. The number of para-hydroxylation sites is 1. The number of aromatic nitrogens is 1. The van der Waals surface area contributed by atoms with Gasteiger partial charge in [0.15, 0.2) is 0 Å². The first-order valence-corrected chi connectivity index (χ1v) is 7.25. The highest BCUT2D eigenvalue weighted by molar-refractivity contribution is 6.22. The summed E-state index contributed by atoms with van der Waals surface area (Å²) in [5.41, 5.74) is 2.44. The second kappa shape index (κ2) is 5.18. The van der Waals surface area contributed by atoms with E-state index in [4.69, 9.17) is 0 Å². The molecule has 0 saturated heterocycles. The van der Waals surface area contributed by atoms with Gasteiger partial charge in [-0.3, -0.25) is 9.59 Å². The molecule has 0 aliphatic carbocycles. The van der Waals surface area contributed by atoms with E-state index in [1.54, 1.807) is 30.3 Å². The van der Waals surface area contributed by atoms with Gasteiger partial charge in [0.25, 0.3) is 11.8 Å². The third-order valence-corrected chi connectivity index (χ3v) is 3.84. The van der Waals surface area contributed by atoms with Gasteiger partial charge < -0.3 is 0 Å². The number of benzene rings is 2. The number of carbonyl (C=O) groups excluding carboxylic acids is 2. The summed E-state index contributed by atoms with van der Waals surface area (Å²) in [7, 11) is 0. The quantitative estimate of drug-likeness (QED) is 0.681. The molecule has 0 N–H and O–H groups in total. The standard InChI is InChI=1S/C19H12N2O2/c22-18-15-6-2-3-7-16(15)19(23)21(18)12-11-14-10-9-13-5-1-4-8-17(13)20-14/h1-12H/b12-11+. The predicted molar refractivity (Wildman–Crippen MR) is 87.7 cm³/mol. The Morgan fingerprint density at radius 2 is 1.43 bits per heavy atom. The lowest BCUT2D eigenvalue weighted by atomic mass is 10.1. The van der Waals surface area contributed by atoms with Crippen molar-refractivity contribution in [3.8, 4) is 0 Å². The minimum Gasteiger partial charge on any atom is -0.268 e. The van der Waals surface area contributed by atoms with Crippen LogP contribution in [-0.4, -0.2) is 21.7 Å². The van der Waals surface area contributed by atoms with Crippen LogP contribution < -0.4 is 0 Å². The van der Waals surface area contributed by atoms with Gasteiger partial charge >= 0.3 is 0 Å². The second-order valence-electron chi connectivity index (χ2n) is 5.27. The molecule has 4 heteroatoms. The largest absolute Gasteiger partial charge is 0.268 e. The average Bonchev–Trinajstić information content (AvgIpc) is 2.84. The van der Waals surface area contributed by atoms with E-state index in [-0.39, 0.29) is 11.8 Å². The van der Waals surface area contributed by atoms with Crippen molar-refractivity contribution < 1.29 is 9.59 Å². The van der Waals surface area contributed by atoms with Crippen molar-refractivity contribution in [3.63, 3.8) is 0 Å². The fourth-order valence-corrected chi connectivity index (χ4v) is 2.67. The SMILES string of the molecule is O=C1c2ccccc2C(=O)N1/C=C/c1ccc2ccccc2n1. The Labute approximate surface area is 132 Å². The topological polar surface area (TPSA) is 50.3 Å². The van der Waals surface area contributed by atoms with Crippen LogP contribution in [0.1, 0.15) is 26.4 Å². The van der Waals surface area contributed by atoms with Crippen LogP contribution in [0.2, 0.25) is 0 Å². The first kappa shape index (κ1) is 13.4. The Kier molecular flexibility index (Phi) is 3.01. The highest BCUT2D eigenvalue weighted by Crippen LogP contribution is 2.23. The molecule has 0 spiro atoms. The lowest BCUT2D eigenvalue weighted by molar-refractivity contribution is 0.0722. The van der Waals surface area contributed by atoms with Crippen LogP contribution in [0, 0.1) is 0 Å². The van der Waals surface area contributed by atoms with Gasteiger partial charge in [0.05, 0.1) is 22.3 Å².